The molecule has 2 aliphatic heterocycles. The highest BCUT2D eigenvalue weighted by atomic mass is 16.5. The molecule has 7 rings (SSSR count). The number of carbonyl (C=O) groups excluding carboxylic acids is 4. The van der Waals surface area contributed by atoms with Gasteiger partial charge in [-0.1, -0.05) is 64.8 Å². The average Bonchev–Trinajstić information content (AvgIpc) is 4.07. The monoisotopic (exact) mass is 769 g/mol. The first-order valence-corrected chi connectivity index (χ1v) is 19.6. The van der Waals surface area contributed by atoms with Crippen LogP contribution < -0.4 is 5.32 Å². The number of fused-ring (bicyclic) bond motifs is 2. The van der Waals surface area contributed by atoms with Gasteiger partial charge in [0.25, 0.3) is 0 Å². The van der Waals surface area contributed by atoms with Gasteiger partial charge in [0.2, 0.25) is 11.8 Å². The van der Waals surface area contributed by atoms with Crippen LogP contribution in [0.1, 0.15) is 79.1 Å². The van der Waals surface area contributed by atoms with Crippen LogP contribution in [0, 0.1) is 0 Å². The zero-order valence-electron chi connectivity index (χ0n) is 33.9. The van der Waals surface area contributed by atoms with Crippen molar-refractivity contribution in [3.05, 3.63) is 85.7 Å². The second-order valence-electron chi connectivity index (χ2n) is 13.3. The molecule has 0 saturated carbocycles. The molecule has 0 atom stereocenters. The number of ether oxygens (including phenoxy) is 2. The average molecular weight is 770 g/mol. The van der Waals surface area contributed by atoms with Gasteiger partial charge in [-0.05, 0) is 72.2 Å². The molecule has 13 heteroatoms. The Morgan fingerprint density at radius 2 is 1.00 bits per heavy atom. The lowest BCUT2D eigenvalue weighted by atomic mass is 10.0. The number of nitrogens with zero attached hydrogens (tertiary/aromatic N) is 6. The fourth-order valence-electron chi connectivity index (χ4n) is 5.77. The van der Waals surface area contributed by atoms with Gasteiger partial charge in [0.1, 0.15) is 17.8 Å². The molecule has 6 heterocycles. The maximum Gasteiger partial charge on any atom is 0.407 e. The number of pyridine rings is 2. The van der Waals surface area contributed by atoms with E-state index in [0.717, 1.165) is 63.2 Å². The number of imidazole rings is 2. The third-order valence-corrected chi connectivity index (χ3v) is 8.59. The summed E-state index contributed by atoms with van der Waals surface area (Å²) in [6, 6.07) is 16.9. The van der Waals surface area contributed by atoms with Gasteiger partial charge in [-0.25, -0.2) is 14.8 Å². The lowest BCUT2D eigenvalue weighted by Gasteiger charge is -2.14. The fraction of sp³-hybridized carbons (Fsp3) is 0.442. The van der Waals surface area contributed by atoms with E-state index >= 15 is 0 Å². The number of benzene rings is 1. The zero-order chi connectivity index (χ0) is 40.7. The van der Waals surface area contributed by atoms with Crippen molar-refractivity contribution >= 4 is 35.2 Å². The quantitative estimate of drug-likeness (QED) is 0.166. The highest BCUT2D eigenvalue weighted by molar-refractivity contribution is 5.82. The van der Waals surface area contributed by atoms with Crippen LogP contribution in [-0.4, -0.2) is 99.4 Å². The summed E-state index contributed by atoms with van der Waals surface area (Å²) in [6.07, 6.45) is 18.5. The molecule has 0 spiro atoms. The Bertz CT molecular complexity index is 1790. The van der Waals surface area contributed by atoms with Crippen LogP contribution in [0.3, 0.4) is 0 Å². The molecule has 2 saturated heterocycles. The van der Waals surface area contributed by atoms with Gasteiger partial charge in [-0.3, -0.25) is 14.4 Å². The Balaban J connectivity index is 0.000000225. The maximum absolute atomic E-state index is 11.4. The summed E-state index contributed by atoms with van der Waals surface area (Å²) < 4.78 is 12.9. The van der Waals surface area contributed by atoms with Gasteiger partial charge in [-0.15, -0.1) is 0 Å². The first kappa shape index (κ1) is 44.7. The molecule has 3 amide bonds. The number of likely N-dealkylation sites (tertiary alicyclic amines) is 2. The number of nitrogens with one attached hydrogen (secondary N) is 1. The number of hydrogen-bond acceptors (Lipinski definition) is 8. The molecule has 1 aromatic carbocycles. The van der Waals surface area contributed by atoms with Crippen molar-refractivity contribution in [2.24, 2.45) is 0 Å². The Kier molecular flexibility index (Phi) is 19.7. The molecule has 302 valence electrons. The minimum absolute atomic E-state index is 0.0344. The lowest BCUT2D eigenvalue weighted by Crippen LogP contribution is -2.38. The predicted molar refractivity (Wildman–Crippen MR) is 220 cm³/mol. The van der Waals surface area contributed by atoms with E-state index in [2.05, 4.69) is 101 Å². The molecule has 56 heavy (non-hydrogen) atoms. The SMILES string of the molecule is CCC.CCC.COC(=O)CCC(=O)N1CCCC1.COC(=O)NCC(=O)N1CCCC1.c1cn2cc(-c3ccc(-c4ccc5nccn5c4)cc3)ccc2n1. The van der Waals surface area contributed by atoms with Crippen molar-refractivity contribution in [3.63, 3.8) is 0 Å². The normalized spacial score (nSPS) is 12.8. The molecule has 0 bridgehead atoms. The third-order valence-electron chi connectivity index (χ3n) is 8.59. The number of hydrogen-bond donors (Lipinski definition) is 1. The van der Waals surface area contributed by atoms with Gasteiger partial charge in [-0.2, -0.15) is 0 Å². The number of methoxy groups -OCH3 is 2. The molecule has 0 unspecified atom stereocenters. The Morgan fingerprint density at radius 1 is 0.589 bits per heavy atom. The highest BCUT2D eigenvalue weighted by Crippen LogP contribution is 2.25. The van der Waals surface area contributed by atoms with E-state index in [4.69, 9.17) is 0 Å². The second kappa shape index (κ2) is 24.6. The van der Waals surface area contributed by atoms with Crippen molar-refractivity contribution < 1.29 is 28.7 Å². The number of alkyl carbamates (subject to hydrolysis) is 1. The lowest BCUT2D eigenvalue weighted by molar-refractivity contribution is -0.143. The number of esters is 1. The molecule has 2 fully saturated rings. The van der Waals surface area contributed by atoms with Gasteiger partial charge in [0.05, 0.1) is 20.6 Å². The highest BCUT2D eigenvalue weighted by Gasteiger charge is 2.19. The van der Waals surface area contributed by atoms with Crippen molar-refractivity contribution in [2.45, 2.75) is 79.1 Å². The summed E-state index contributed by atoms with van der Waals surface area (Å²) in [6.45, 7) is 11.8. The topological polar surface area (TPSA) is 140 Å². The third kappa shape index (κ3) is 14.5. The zero-order valence-corrected chi connectivity index (χ0v) is 33.9. The summed E-state index contributed by atoms with van der Waals surface area (Å²) in [5.41, 5.74) is 6.67. The molecule has 0 radical (unpaired) electrons. The van der Waals surface area contributed by atoms with E-state index < -0.39 is 6.09 Å². The van der Waals surface area contributed by atoms with Crippen molar-refractivity contribution in [2.75, 3.05) is 46.9 Å². The molecule has 13 nitrogen and oxygen atoms in total. The summed E-state index contributed by atoms with van der Waals surface area (Å²) in [5.74, 6) is -0.279. The van der Waals surface area contributed by atoms with Crippen LogP contribution in [0.15, 0.2) is 85.7 Å². The second-order valence-corrected chi connectivity index (χ2v) is 13.3. The molecule has 4 aromatic heterocycles. The van der Waals surface area contributed by atoms with E-state index in [1.165, 1.54) is 49.3 Å². The van der Waals surface area contributed by atoms with Crippen molar-refractivity contribution in [1.29, 1.82) is 0 Å². The molecule has 5 aromatic rings. The van der Waals surface area contributed by atoms with Gasteiger partial charge in [0, 0.05) is 69.8 Å². The molecule has 1 N–H and O–H groups in total. The van der Waals surface area contributed by atoms with Crippen LogP contribution in [0.25, 0.3) is 33.5 Å². The summed E-state index contributed by atoms with van der Waals surface area (Å²) >= 11 is 0. The van der Waals surface area contributed by atoms with Gasteiger partial charge >= 0.3 is 12.1 Å². The number of amides is 3. The number of aromatic nitrogens is 4. The molecular weight excluding hydrogens is 711 g/mol. The Hall–Kier alpha value is -5.72. The van der Waals surface area contributed by atoms with E-state index in [1.54, 1.807) is 4.90 Å². The number of rotatable bonds is 7. The van der Waals surface area contributed by atoms with Crippen LogP contribution in [-0.2, 0) is 23.9 Å². The van der Waals surface area contributed by atoms with Crippen LogP contribution in [0.4, 0.5) is 4.79 Å². The maximum atomic E-state index is 11.4. The first-order valence-electron chi connectivity index (χ1n) is 19.6. The van der Waals surface area contributed by atoms with Crippen LogP contribution in [0.2, 0.25) is 0 Å². The summed E-state index contributed by atoms with van der Waals surface area (Å²) in [7, 11) is 2.61. The molecule has 2 aliphatic rings. The minimum Gasteiger partial charge on any atom is -0.469 e. The number of carbonyl (C=O) groups is 4. The van der Waals surface area contributed by atoms with E-state index in [-0.39, 0.29) is 37.2 Å². The molecule has 0 aliphatic carbocycles. The minimum atomic E-state index is -0.562. The molecular formula is C43H59N7O6. The van der Waals surface area contributed by atoms with E-state index in [0.29, 0.717) is 0 Å². The largest absolute Gasteiger partial charge is 0.469 e. The fourth-order valence-corrected chi connectivity index (χ4v) is 5.77. The standard InChI is InChI=1S/C20H14N4.C9H15NO3.C8H14N2O3.2C3H8/c1-2-16(18-6-8-20-22-10-12-24(20)14-18)4-3-15(1)17-5-7-19-21-9-11-23(19)13-17;1-13-9(12)5-4-8(11)10-6-2-3-7-10;1-13-8(12)9-6-7(11)10-4-2-3-5-10;2*1-3-2/h1-14H;2-7H2,1H3;2-6H2,1H3,(H,9,12);2*3H2,1-2H3. The Labute approximate surface area is 331 Å². The van der Waals surface area contributed by atoms with Gasteiger partial charge < -0.3 is 33.4 Å². The summed E-state index contributed by atoms with van der Waals surface area (Å²) in [5, 5.41) is 2.36. The first-order chi connectivity index (χ1) is 27.2. The summed E-state index contributed by atoms with van der Waals surface area (Å²) in [4.78, 5) is 56.2. The van der Waals surface area contributed by atoms with E-state index in [1.807, 2.05) is 50.6 Å². The van der Waals surface area contributed by atoms with Gasteiger partial charge in [0.15, 0.2) is 0 Å². The van der Waals surface area contributed by atoms with Crippen LogP contribution in [0.5, 0.6) is 0 Å². The smallest absolute Gasteiger partial charge is 0.407 e. The van der Waals surface area contributed by atoms with E-state index in [9.17, 15) is 19.2 Å². The van der Waals surface area contributed by atoms with Crippen molar-refractivity contribution in [3.8, 4) is 22.3 Å². The van der Waals surface area contributed by atoms with Crippen molar-refractivity contribution in [1.82, 2.24) is 33.9 Å². The van der Waals surface area contributed by atoms with Crippen LogP contribution >= 0.6 is 0 Å². The predicted octanol–water partition coefficient (Wildman–Crippen LogP) is 7.68. The Morgan fingerprint density at radius 3 is 1.41 bits per heavy atom.